The van der Waals surface area contributed by atoms with Gasteiger partial charge in [-0.3, -0.25) is 0 Å². The molecular weight excluding hydrogens is 310 g/mol. The first-order valence-electron chi connectivity index (χ1n) is 7.26. The zero-order valence-electron chi connectivity index (χ0n) is 12.5. The number of rotatable bonds is 8. The first-order chi connectivity index (χ1) is 10.0. The zero-order chi connectivity index (χ0) is 15.5. The molecule has 0 radical (unpaired) electrons. The molecule has 0 amide bonds. The van der Waals surface area contributed by atoms with Gasteiger partial charge < -0.3 is 4.74 Å². The number of alkyl halides is 1. The van der Waals surface area contributed by atoms with Gasteiger partial charge >= 0.3 is 0 Å². The third-order valence-electron chi connectivity index (χ3n) is 3.67. The second-order valence-corrected chi connectivity index (χ2v) is 7.62. The lowest BCUT2D eigenvalue weighted by molar-refractivity contribution is 0.395. The molecule has 0 aromatic heterocycles. The minimum Gasteiger partial charge on any atom is -0.496 e. The van der Waals surface area contributed by atoms with Crippen molar-refractivity contribution >= 4 is 21.6 Å². The summed E-state index contributed by atoms with van der Waals surface area (Å²) in [4.78, 5) is 0.299. The van der Waals surface area contributed by atoms with Crippen molar-refractivity contribution in [2.75, 3.05) is 20.2 Å². The molecule has 4 nitrogen and oxygen atoms in total. The molecule has 0 atom stereocenters. The van der Waals surface area contributed by atoms with Crippen LogP contribution in [0.1, 0.15) is 31.7 Å². The summed E-state index contributed by atoms with van der Waals surface area (Å²) in [6, 6.07) is 4.89. The van der Waals surface area contributed by atoms with Gasteiger partial charge in [0.25, 0.3) is 0 Å². The second kappa shape index (κ2) is 6.99. The van der Waals surface area contributed by atoms with Crippen molar-refractivity contribution in [2.24, 2.45) is 5.92 Å². The van der Waals surface area contributed by atoms with E-state index in [0.29, 0.717) is 35.2 Å². The summed E-state index contributed by atoms with van der Waals surface area (Å²) in [5, 5.41) is 0. The maximum Gasteiger partial charge on any atom is 0.243 e. The Morgan fingerprint density at radius 1 is 1.38 bits per heavy atom. The number of hydrogen-bond acceptors (Lipinski definition) is 3. The standard InChI is InChI=1S/C15H22ClNO3S/c1-3-8-17(11-12-4-5-12)21(18,19)14-6-7-15(20-2)13(9-14)10-16/h6-7,9,12H,3-5,8,10-11H2,1-2H3. The molecule has 0 saturated heterocycles. The number of methoxy groups -OCH3 is 1. The molecule has 0 aliphatic heterocycles. The van der Waals surface area contributed by atoms with Crippen molar-refractivity contribution in [2.45, 2.75) is 37.0 Å². The maximum absolute atomic E-state index is 12.8. The number of benzene rings is 1. The third kappa shape index (κ3) is 3.90. The molecule has 0 spiro atoms. The van der Waals surface area contributed by atoms with Gasteiger partial charge in [0.05, 0.1) is 17.9 Å². The highest BCUT2D eigenvalue weighted by atomic mass is 35.5. The molecule has 118 valence electrons. The van der Waals surface area contributed by atoms with E-state index in [9.17, 15) is 8.42 Å². The monoisotopic (exact) mass is 331 g/mol. The Bertz CT molecular complexity index is 585. The lowest BCUT2D eigenvalue weighted by atomic mass is 10.2. The molecule has 0 unspecified atom stereocenters. The molecule has 1 aliphatic rings. The van der Waals surface area contributed by atoms with Crippen LogP contribution in [0.4, 0.5) is 0 Å². The van der Waals surface area contributed by atoms with Crippen molar-refractivity contribution in [1.29, 1.82) is 0 Å². The first kappa shape index (κ1) is 16.6. The SMILES string of the molecule is CCCN(CC1CC1)S(=O)(=O)c1ccc(OC)c(CCl)c1. The highest BCUT2D eigenvalue weighted by Gasteiger charge is 2.31. The fourth-order valence-corrected chi connectivity index (χ4v) is 4.18. The number of hydrogen-bond donors (Lipinski definition) is 0. The van der Waals surface area contributed by atoms with E-state index in [1.807, 2.05) is 6.92 Å². The molecule has 0 heterocycles. The normalized spacial score (nSPS) is 15.4. The lowest BCUT2D eigenvalue weighted by Gasteiger charge is -2.22. The Hall–Kier alpha value is -0.780. The fourth-order valence-electron chi connectivity index (χ4n) is 2.32. The molecule has 1 aromatic rings. The van der Waals surface area contributed by atoms with E-state index < -0.39 is 10.0 Å². The molecule has 1 aliphatic carbocycles. The van der Waals surface area contributed by atoms with E-state index in [1.54, 1.807) is 29.6 Å². The molecule has 1 fully saturated rings. The predicted molar refractivity (Wildman–Crippen MR) is 84.3 cm³/mol. The second-order valence-electron chi connectivity index (χ2n) is 5.41. The maximum atomic E-state index is 12.8. The lowest BCUT2D eigenvalue weighted by Crippen LogP contribution is -2.33. The molecule has 21 heavy (non-hydrogen) atoms. The smallest absolute Gasteiger partial charge is 0.243 e. The molecule has 1 saturated carbocycles. The zero-order valence-corrected chi connectivity index (χ0v) is 14.1. The van der Waals surface area contributed by atoms with Crippen molar-refractivity contribution in [3.63, 3.8) is 0 Å². The number of sulfonamides is 1. The average Bonchev–Trinajstić information content (AvgIpc) is 3.30. The molecule has 0 N–H and O–H groups in total. The van der Waals surface area contributed by atoms with Crippen molar-refractivity contribution in [1.82, 2.24) is 4.31 Å². The third-order valence-corrected chi connectivity index (χ3v) is 5.81. The van der Waals surface area contributed by atoms with E-state index in [-0.39, 0.29) is 5.88 Å². The Labute approximate surface area is 132 Å². The van der Waals surface area contributed by atoms with Crippen molar-refractivity contribution in [3.8, 4) is 5.75 Å². The van der Waals surface area contributed by atoms with E-state index in [2.05, 4.69) is 0 Å². The summed E-state index contributed by atoms with van der Waals surface area (Å²) < 4.78 is 32.4. The van der Waals surface area contributed by atoms with E-state index >= 15 is 0 Å². The summed E-state index contributed by atoms with van der Waals surface area (Å²) >= 11 is 5.88. The summed E-state index contributed by atoms with van der Waals surface area (Å²) in [5.41, 5.74) is 0.697. The number of halogens is 1. The molecule has 6 heteroatoms. The Morgan fingerprint density at radius 2 is 2.10 bits per heavy atom. The average molecular weight is 332 g/mol. The molecule has 2 rings (SSSR count). The highest BCUT2D eigenvalue weighted by molar-refractivity contribution is 7.89. The van der Waals surface area contributed by atoms with Crippen LogP contribution in [0.5, 0.6) is 5.75 Å². The van der Waals surface area contributed by atoms with Crippen LogP contribution in [0, 0.1) is 5.92 Å². The van der Waals surface area contributed by atoms with Gasteiger partial charge in [-0.05, 0) is 43.4 Å². The Kier molecular flexibility index (Phi) is 5.52. The topological polar surface area (TPSA) is 46.6 Å². The summed E-state index contributed by atoms with van der Waals surface area (Å²) in [7, 11) is -1.91. The van der Waals surface area contributed by atoms with E-state index in [0.717, 1.165) is 19.3 Å². The summed E-state index contributed by atoms with van der Waals surface area (Å²) in [6.07, 6.45) is 3.07. The van der Waals surface area contributed by atoms with Gasteiger partial charge in [-0.2, -0.15) is 4.31 Å². The summed E-state index contributed by atoms with van der Waals surface area (Å²) in [5.74, 6) is 1.37. The van der Waals surface area contributed by atoms with E-state index in [4.69, 9.17) is 16.3 Å². The van der Waals surface area contributed by atoms with Crippen molar-refractivity contribution < 1.29 is 13.2 Å². The van der Waals surface area contributed by atoms with Gasteiger partial charge in [0.15, 0.2) is 0 Å². The highest BCUT2D eigenvalue weighted by Crippen LogP contribution is 2.32. The van der Waals surface area contributed by atoms with Gasteiger partial charge in [0, 0.05) is 18.7 Å². The molecular formula is C15H22ClNO3S. The van der Waals surface area contributed by atoms with Crippen LogP contribution in [-0.2, 0) is 15.9 Å². The van der Waals surface area contributed by atoms with E-state index in [1.165, 1.54) is 0 Å². The first-order valence-corrected chi connectivity index (χ1v) is 9.23. The Balaban J connectivity index is 2.31. The largest absolute Gasteiger partial charge is 0.496 e. The van der Waals surface area contributed by atoms with Crippen LogP contribution in [0.25, 0.3) is 0 Å². The van der Waals surface area contributed by atoms with Crippen LogP contribution >= 0.6 is 11.6 Å². The molecule has 1 aromatic carbocycles. The number of nitrogens with zero attached hydrogens (tertiary/aromatic N) is 1. The van der Waals surface area contributed by atoms with Gasteiger partial charge in [0.1, 0.15) is 5.75 Å². The van der Waals surface area contributed by atoms with Gasteiger partial charge in [-0.15, -0.1) is 11.6 Å². The van der Waals surface area contributed by atoms with Crippen LogP contribution in [0.2, 0.25) is 0 Å². The fraction of sp³-hybridized carbons (Fsp3) is 0.600. The van der Waals surface area contributed by atoms with Gasteiger partial charge in [-0.1, -0.05) is 6.92 Å². The van der Waals surface area contributed by atoms with Crippen LogP contribution in [-0.4, -0.2) is 32.9 Å². The minimum absolute atomic E-state index is 0.225. The van der Waals surface area contributed by atoms with Crippen LogP contribution < -0.4 is 4.74 Å². The van der Waals surface area contributed by atoms with Crippen LogP contribution in [0.15, 0.2) is 23.1 Å². The summed E-state index contributed by atoms with van der Waals surface area (Å²) in [6.45, 7) is 3.17. The van der Waals surface area contributed by atoms with Crippen LogP contribution in [0.3, 0.4) is 0 Å². The number of ether oxygens (including phenoxy) is 1. The quantitative estimate of drug-likeness (QED) is 0.687. The van der Waals surface area contributed by atoms with Crippen molar-refractivity contribution in [3.05, 3.63) is 23.8 Å². The Morgan fingerprint density at radius 3 is 2.62 bits per heavy atom. The van der Waals surface area contributed by atoms with Gasteiger partial charge in [-0.25, -0.2) is 8.42 Å². The molecule has 0 bridgehead atoms. The predicted octanol–water partition coefficient (Wildman–Crippen LogP) is 3.24. The van der Waals surface area contributed by atoms with Gasteiger partial charge in [0.2, 0.25) is 10.0 Å². The minimum atomic E-state index is -3.46.